The Labute approximate surface area is 224 Å². The van der Waals surface area contributed by atoms with Crippen molar-refractivity contribution in [3.8, 4) is 0 Å². The van der Waals surface area contributed by atoms with Crippen molar-refractivity contribution in [1.29, 1.82) is 0 Å². The van der Waals surface area contributed by atoms with Gasteiger partial charge in [-0.25, -0.2) is 9.59 Å². The number of rotatable bonds is 7. The fourth-order valence-electron chi connectivity index (χ4n) is 5.39. The van der Waals surface area contributed by atoms with Gasteiger partial charge >= 0.3 is 11.9 Å². The van der Waals surface area contributed by atoms with Crippen LogP contribution in [0.5, 0.6) is 0 Å². The van der Waals surface area contributed by atoms with Crippen molar-refractivity contribution in [2.75, 3.05) is 0 Å². The highest BCUT2D eigenvalue weighted by Crippen LogP contribution is 2.65. The first-order valence-electron chi connectivity index (χ1n) is 13.0. The summed E-state index contributed by atoms with van der Waals surface area (Å²) in [5.74, 6) is -1.09. The lowest BCUT2D eigenvalue weighted by Gasteiger charge is -2.30. The lowest BCUT2D eigenvalue weighted by Crippen LogP contribution is -2.33. The Morgan fingerprint density at radius 2 is 1.03 bits per heavy atom. The zero-order chi connectivity index (χ0) is 26.4. The van der Waals surface area contributed by atoms with E-state index in [1.54, 1.807) is 12.1 Å². The summed E-state index contributed by atoms with van der Waals surface area (Å²) in [5.41, 5.74) is 0.0164. The molecule has 1 aliphatic rings. The van der Waals surface area contributed by atoms with Gasteiger partial charge in [0, 0.05) is 12.8 Å². The highest BCUT2D eigenvalue weighted by atomic mass is 31.2. The molecule has 0 atom stereocenters. The molecule has 0 amide bonds. The molecule has 0 fully saturated rings. The first kappa shape index (κ1) is 25.6. The summed E-state index contributed by atoms with van der Waals surface area (Å²) in [6.45, 7) is 0. The average molecular weight is 522 g/mol. The molecule has 0 saturated carbocycles. The number of benzene rings is 4. The molecular weight excluding hydrogens is 491 g/mol. The van der Waals surface area contributed by atoms with Crippen LogP contribution >= 0.6 is 7.26 Å². The molecule has 0 saturated heterocycles. The monoisotopic (exact) mass is 521 g/mol. The van der Waals surface area contributed by atoms with Gasteiger partial charge in [0.15, 0.2) is 0 Å². The van der Waals surface area contributed by atoms with Crippen LogP contribution in [-0.2, 0) is 4.74 Å². The smallest absolute Gasteiger partial charge is 0.344 e. The van der Waals surface area contributed by atoms with E-state index in [9.17, 15) is 14.7 Å². The molecule has 0 unspecified atom stereocenters. The van der Waals surface area contributed by atoms with Gasteiger partial charge in [-0.3, -0.25) is 0 Å². The fourth-order valence-corrected chi connectivity index (χ4v) is 10.1. The number of carbonyl (C=O) groups is 2. The predicted molar refractivity (Wildman–Crippen MR) is 154 cm³/mol. The van der Waals surface area contributed by atoms with Gasteiger partial charge in [-0.15, -0.1) is 0 Å². The summed E-state index contributed by atoms with van der Waals surface area (Å²) < 4.78 is 6.24. The summed E-state index contributed by atoms with van der Waals surface area (Å²) in [7, 11) is -2.41. The summed E-state index contributed by atoms with van der Waals surface area (Å²) in [4.78, 5) is 25.4. The number of hydrogen-bond acceptors (Lipinski definition) is 3. The molecule has 1 aliphatic carbocycles. The maximum Gasteiger partial charge on any atom is 0.344 e. The number of carbonyl (C=O) groups excluding carboxylic acids is 1. The highest BCUT2D eigenvalue weighted by Gasteiger charge is 2.51. The number of carboxylic acid groups (broad SMARTS) is 1. The summed E-state index contributed by atoms with van der Waals surface area (Å²) in [6.07, 6.45) is 4.37. The lowest BCUT2D eigenvalue weighted by molar-refractivity contribution is 0.0592. The first-order chi connectivity index (χ1) is 18.6. The minimum Gasteiger partial charge on any atom is -0.478 e. The number of allylic oxidation sites excluding steroid dienone is 2. The molecule has 4 aromatic rings. The molecule has 0 aromatic heterocycles. The quantitative estimate of drug-likeness (QED) is 0.217. The minimum absolute atomic E-state index is 0.0523. The van der Waals surface area contributed by atoms with Crippen LogP contribution in [0.4, 0.5) is 0 Å². The number of aromatic carboxylic acids is 1. The third-order valence-electron chi connectivity index (χ3n) is 7.07. The molecule has 0 radical (unpaired) electrons. The van der Waals surface area contributed by atoms with Crippen molar-refractivity contribution >= 4 is 35.1 Å². The van der Waals surface area contributed by atoms with Crippen LogP contribution in [0.15, 0.2) is 126 Å². The molecule has 190 valence electrons. The van der Waals surface area contributed by atoms with Gasteiger partial charge in [0.1, 0.15) is 34.2 Å². The van der Waals surface area contributed by atoms with E-state index in [4.69, 9.17) is 4.74 Å². The molecule has 4 nitrogen and oxygen atoms in total. The van der Waals surface area contributed by atoms with Crippen LogP contribution < -0.4 is 15.9 Å². The SMILES string of the molecule is O=C(O)c1ccccc1C(=O)OC1=C([P+](c2ccccc2)(c2ccccc2)c2ccccc2)CCCCC1. The summed E-state index contributed by atoms with van der Waals surface area (Å²) in [5, 5.41) is 14.4. The lowest BCUT2D eigenvalue weighted by atomic mass is 10.1. The molecular formula is C33H30O4P+. The highest BCUT2D eigenvalue weighted by molar-refractivity contribution is 7.99. The van der Waals surface area contributed by atoms with Gasteiger partial charge in [0.25, 0.3) is 0 Å². The Morgan fingerprint density at radius 3 is 1.53 bits per heavy atom. The van der Waals surface area contributed by atoms with E-state index in [0.717, 1.165) is 31.0 Å². The van der Waals surface area contributed by atoms with E-state index >= 15 is 0 Å². The number of carboxylic acids is 1. The fraction of sp³-hybridized carbons (Fsp3) is 0.152. The van der Waals surface area contributed by atoms with Crippen LogP contribution in [-0.4, -0.2) is 17.0 Å². The Morgan fingerprint density at radius 1 is 0.579 bits per heavy atom. The van der Waals surface area contributed by atoms with Crippen molar-refractivity contribution in [3.05, 3.63) is 137 Å². The van der Waals surface area contributed by atoms with Crippen molar-refractivity contribution in [2.45, 2.75) is 32.1 Å². The third-order valence-corrected chi connectivity index (χ3v) is 11.6. The summed E-state index contributed by atoms with van der Waals surface area (Å²) >= 11 is 0. The second-order valence-corrected chi connectivity index (χ2v) is 12.8. The van der Waals surface area contributed by atoms with Gasteiger partial charge in [-0.1, -0.05) is 73.2 Å². The van der Waals surface area contributed by atoms with Gasteiger partial charge in [-0.05, 0) is 61.4 Å². The number of ether oxygens (including phenoxy) is 1. The minimum atomic E-state index is -2.41. The zero-order valence-electron chi connectivity index (χ0n) is 21.1. The molecule has 0 heterocycles. The van der Waals surface area contributed by atoms with E-state index in [1.807, 2.05) is 18.2 Å². The Bertz CT molecular complexity index is 1350. The van der Waals surface area contributed by atoms with Gasteiger partial charge in [0.2, 0.25) is 0 Å². The Kier molecular flexibility index (Phi) is 7.81. The van der Waals surface area contributed by atoms with E-state index in [-0.39, 0.29) is 11.1 Å². The Balaban J connectivity index is 1.77. The molecule has 38 heavy (non-hydrogen) atoms. The van der Waals surface area contributed by atoms with Crippen LogP contribution in [0.25, 0.3) is 0 Å². The maximum absolute atomic E-state index is 13.5. The van der Waals surface area contributed by atoms with Crippen molar-refractivity contribution in [3.63, 3.8) is 0 Å². The van der Waals surface area contributed by atoms with E-state index < -0.39 is 19.2 Å². The second kappa shape index (κ2) is 11.6. The largest absolute Gasteiger partial charge is 0.478 e. The molecule has 0 spiro atoms. The molecule has 4 aromatic carbocycles. The van der Waals surface area contributed by atoms with Crippen LogP contribution in [0.2, 0.25) is 0 Å². The number of esters is 1. The average Bonchev–Trinajstić information content (AvgIpc) is 3.21. The standard InChI is InChI=1S/C33H29O4P/c34-32(35)28-21-13-14-22-29(28)33(36)37-30-23-11-4-12-24-31(30)38(25-15-5-1-6-16-25,26-17-7-2-8-18-26)27-19-9-3-10-20-27/h1-3,5-10,13-22H,4,11-12,23-24H2/p+1. The van der Waals surface area contributed by atoms with Crippen molar-refractivity contribution in [1.82, 2.24) is 0 Å². The molecule has 5 rings (SSSR count). The summed E-state index contributed by atoms with van der Waals surface area (Å²) in [6, 6.07) is 37.9. The Hall–Kier alpha value is -4.01. The molecule has 5 heteroatoms. The number of hydrogen-bond donors (Lipinski definition) is 1. The predicted octanol–water partition coefficient (Wildman–Crippen LogP) is 6.71. The third kappa shape index (κ3) is 4.92. The normalized spacial score (nSPS) is 14.0. The van der Waals surface area contributed by atoms with Crippen LogP contribution in [0.3, 0.4) is 0 Å². The molecule has 0 bridgehead atoms. The van der Waals surface area contributed by atoms with Crippen molar-refractivity contribution < 1.29 is 19.4 Å². The van der Waals surface area contributed by atoms with Gasteiger partial charge < -0.3 is 9.84 Å². The van der Waals surface area contributed by atoms with Crippen LogP contribution in [0, 0.1) is 0 Å². The molecule has 0 aliphatic heterocycles. The first-order valence-corrected chi connectivity index (χ1v) is 14.7. The van der Waals surface area contributed by atoms with Gasteiger partial charge in [-0.2, -0.15) is 0 Å². The van der Waals surface area contributed by atoms with Crippen LogP contribution in [0.1, 0.15) is 52.8 Å². The van der Waals surface area contributed by atoms with E-state index in [2.05, 4.69) is 72.8 Å². The zero-order valence-corrected chi connectivity index (χ0v) is 22.0. The molecule has 1 N–H and O–H groups in total. The second-order valence-electron chi connectivity index (χ2n) is 9.35. The van der Waals surface area contributed by atoms with E-state index in [0.29, 0.717) is 12.2 Å². The van der Waals surface area contributed by atoms with E-state index in [1.165, 1.54) is 28.0 Å². The maximum atomic E-state index is 13.5. The topological polar surface area (TPSA) is 63.6 Å². The van der Waals surface area contributed by atoms with Gasteiger partial charge in [0.05, 0.1) is 11.1 Å². The van der Waals surface area contributed by atoms with Crippen molar-refractivity contribution in [2.24, 2.45) is 0 Å².